The van der Waals surface area contributed by atoms with E-state index in [1.807, 2.05) is 0 Å². The molecule has 0 aliphatic rings. The first-order chi connectivity index (χ1) is 11.9. The van der Waals surface area contributed by atoms with E-state index in [0.29, 0.717) is 10.8 Å². The van der Waals surface area contributed by atoms with Crippen molar-refractivity contribution in [3.05, 3.63) is 47.2 Å². The van der Waals surface area contributed by atoms with Crippen LogP contribution in [-0.4, -0.2) is 41.9 Å². The van der Waals surface area contributed by atoms with Crippen LogP contribution in [0.3, 0.4) is 0 Å². The van der Waals surface area contributed by atoms with E-state index < -0.39 is 24.5 Å². The number of aliphatic hydroxyl groups excluding tert-OH is 1. The predicted molar refractivity (Wildman–Crippen MR) is 91.2 cm³/mol. The number of nitrogens with one attached hydrogen (secondary N) is 2. The topological polar surface area (TPSA) is 109 Å². The van der Waals surface area contributed by atoms with Gasteiger partial charge in [-0.1, -0.05) is 11.6 Å². The maximum Gasteiger partial charge on any atom is 0.287 e. The van der Waals surface area contributed by atoms with Crippen LogP contribution < -0.4 is 10.6 Å². The van der Waals surface area contributed by atoms with Crippen molar-refractivity contribution in [2.24, 2.45) is 0 Å². The van der Waals surface area contributed by atoms with Gasteiger partial charge in [-0.2, -0.15) is 0 Å². The molecule has 1 aromatic heterocycles. The number of ketones is 1. The number of amides is 2. The summed E-state index contributed by atoms with van der Waals surface area (Å²) in [6.45, 7) is 0.401. The standard InChI is InChI=1S/C17H17ClN2O5/c1-10(22)13(9-21)20-16(23)8-19-17(24)15-7-6-14(25-15)11-2-4-12(18)5-3-11/h2-7,13,21H,8-9H2,1H3,(H,19,24)(H,20,23)/t13-/m0/s1. The number of furan rings is 1. The van der Waals surface area contributed by atoms with Crippen molar-refractivity contribution >= 4 is 29.2 Å². The SMILES string of the molecule is CC(=O)[C@H](CO)NC(=O)CNC(=O)c1ccc(-c2ccc(Cl)cc2)o1. The summed E-state index contributed by atoms with van der Waals surface area (Å²) >= 11 is 5.82. The summed E-state index contributed by atoms with van der Waals surface area (Å²) in [5, 5.41) is 14.3. The maximum atomic E-state index is 12.0. The van der Waals surface area contributed by atoms with Gasteiger partial charge >= 0.3 is 0 Å². The lowest BCUT2D eigenvalue weighted by Gasteiger charge is -2.12. The number of carbonyl (C=O) groups is 3. The number of Topliss-reactive ketones (excluding diaryl/α,β-unsaturated/α-hetero) is 1. The molecule has 2 aromatic rings. The molecule has 0 unspecified atom stereocenters. The van der Waals surface area contributed by atoms with Crippen LogP contribution in [0.4, 0.5) is 0 Å². The van der Waals surface area contributed by atoms with Gasteiger partial charge in [0.2, 0.25) is 5.91 Å². The van der Waals surface area contributed by atoms with Gasteiger partial charge in [-0.15, -0.1) is 0 Å². The highest BCUT2D eigenvalue weighted by Crippen LogP contribution is 2.23. The summed E-state index contributed by atoms with van der Waals surface area (Å²) in [6.07, 6.45) is 0. The van der Waals surface area contributed by atoms with Crippen LogP contribution in [-0.2, 0) is 9.59 Å². The van der Waals surface area contributed by atoms with Crippen LogP contribution in [0.2, 0.25) is 5.02 Å². The lowest BCUT2D eigenvalue weighted by molar-refractivity contribution is -0.127. The lowest BCUT2D eigenvalue weighted by atomic mass is 10.2. The molecule has 0 saturated carbocycles. The summed E-state index contributed by atoms with van der Waals surface area (Å²) in [5.41, 5.74) is 0.758. The number of rotatable bonds is 7. The van der Waals surface area contributed by atoms with E-state index in [1.54, 1.807) is 30.3 Å². The largest absolute Gasteiger partial charge is 0.451 e. The number of benzene rings is 1. The molecule has 0 radical (unpaired) electrons. The molecular formula is C17H17ClN2O5. The van der Waals surface area contributed by atoms with Crippen molar-refractivity contribution in [1.82, 2.24) is 10.6 Å². The monoisotopic (exact) mass is 364 g/mol. The van der Waals surface area contributed by atoms with Crippen LogP contribution in [0.1, 0.15) is 17.5 Å². The molecule has 25 heavy (non-hydrogen) atoms. The molecule has 132 valence electrons. The highest BCUT2D eigenvalue weighted by molar-refractivity contribution is 6.30. The number of halogens is 1. The molecule has 8 heteroatoms. The van der Waals surface area contributed by atoms with Gasteiger partial charge in [-0.25, -0.2) is 0 Å². The number of hydrogen-bond donors (Lipinski definition) is 3. The molecule has 7 nitrogen and oxygen atoms in total. The van der Waals surface area contributed by atoms with E-state index in [1.165, 1.54) is 13.0 Å². The van der Waals surface area contributed by atoms with Crippen molar-refractivity contribution in [2.75, 3.05) is 13.2 Å². The summed E-state index contributed by atoms with van der Waals surface area (Å²) in [6, 6.07) is 9.07. The van der Waals surface area contributed by atoms with Crippen molar-refractivity contribution in [3.8, 4) is 11.3 Å². The molecule has 1 atom stereocenters. The Kier molecular flexibility index (Phi) is 6.32. The third-order valence-electron chi connectivity index (χ3n) is 3.38. The first-order valence-electron chi connectivity index (χ1n) is 7.45. The van der Waals surface area contributed by atoms with Crippen LogP contribution in [0.15, 0.2) is 40.8 Å². The molecule has 2 rings (SSSR count). The molecule has 0 aliphatic carbocycles. The van der Waals surface area contributed by atoms with E-state index in [9.17, 15) is 14.4 Å². The second-order valence-corrected chi connectivity index (χ2v) is 5.70. The van der Waals surface area contributed by atoms with Crippen molar-refractivity contribution in [1.29, 1.82) is 0 Å². The Morgan fingerprint density at radius 1 is 1.16 bits per heavy atom. The Labute approximate surface area is 149 Å². The summed E-state index contributed by atoms with van der Waals surface area (Å²) < 4.78 is 5.46. The first kappa shape index (κ1) is 18.7. The zero-order valence-corrected chi connectivity index (χ0v) is 14.2. The smallest absolute Gasteiger partial charge is 0.287 e. The third kappa shape index (κ3) is 5.17. The van der Waals surface area contributed by atoms with Crippen molar-refractivity contribution in [3.63, 3.8) is 0 Å². The van der Waals surface area contributed by atoms with Gasteiger partial charge in [-0.3, -0.25) is 14.4 Å². The second kappa shape index (κ2) is 8.46. The second-order valence-electron chi connectivity index (χ2n) is 5.27. The van der Waals surface area contributed by atoms with E-state index >= 15 is 0 Å². The molecule has 0 saturated heterocycles. The molecule has 2 amide bonds. The Bertz CT molecular complexity index is 770. The van der Waals surface area contributed by atoms with Gasteiger partial charge in [0.05, 0.1) is 13.2 Å². The Hall–Kier alpha value is -2.64. The fraction of sp³-hybridized carbons (Fsp3) is 0.235. The minimum absolute atomic E-state index is 0.0445. The molecule has 3 N–H and O–H groups in total. The van der Waals surface area contributed by atoms with E-state index in [4.69, 9.17) is 21.1 Å². The first-order valence-corrected chi connectivity index (χ1v) is 7.83. The maximum absolute atomic E-state index is 12.0. The minimum Gasteiger partial charge on any atom is -0.451 e. The van der Waals surface area contributed by atoms with Gasteiger partial charge in [-0.05, 0) is 43.3 Å². The number of hydrogen-bond acceptors (Lipinski definition) is 5. The van der Waals surface area contributed by atoms with Gasteiger partial charge in [0, 0.05) is 10.6 Å². The van der Waals surface area contributed by atoms with E-state index in [2.05, 4.69) is 10.6 Å². The Morgan fingerprint density at radius 2 is 1.84 bits per heavy atom. The van der Waals surface area contributed by atoms with Crippen molar-refractivity contribution in [2.45, 2.75) is 13.0 Å². The molecular weight excluding hydrogens is 348 g/mol. The minimum atomic E-state index is -0.982. The van der Waals surface area contributed by atoms with Gasteiger partial charge in [0.1, 0.15) is 11.8 Å². The highest BCUT2D eigenvalue weighted by Gasteiger charge is 2.17. The van der Waals surface area contributed by atoms with Gasteiger partial charge in [0.15, 0.2) is 11.5 Å². The predicted octanol–water partition coefficient (Wildman–Crippen LogP) is 1.40. The van der Waals surface area contributed by atoms with Crippen LogP contribution >= 0.6 is 11.6 Å². The lowest BCUT2D eigenvalue weighted by Crippen LogP contribution is -2.46. The molecule has 1 aromatic carbocycles. The highest BCUT2D eigenvalue weighted by atomic mass is 35.5. The normalized spacial score (nSPS) is 11.6. The Morgan fingerprint density at radius 3 is 2.44 bits per heavy atom. The molecule has 0 aliphatic heterocycles. The summed E-state index contributed by atoms with van der Waals surface area (Å²) in [5.74, 6) is -1.00. The quantitative estimate of drug-likeness (QED) is 0.688. The molecule has 0 bridgehead atoms. The van der Waals surface area contributed by atoms with Crippen molar-refractivity contribution < 1.29 is 23.9 Å². The van der Waals surface area contributed by atoms with E-state index in [-0.39, 0.29) is 18.1 Å². The molecule has 0 spiro atoms. The third-order valence-corrected chi connectivity index (χ3v) is 3.63. The molecule has 1 heterocycles. The van der Waals surface area contributed by atoms with E-state index in [0.717, 1.165) is 5.56 Å². The molecule has 0 fully saturated rings. The van der Waals surface area contributed by atoms with Gasteiger partial charge < -0.3 is 20.2 Å². The summed E-state index contributed by atoms with van der Waals surface area (Å²) in [4.78, 5) is 34.8. The zero-order valence-electron chi connectivity index (χ0n) is 13.4. The van der Waals surface area contributed by atoms with Crippen LogP contribution in [0.25, 0.3) is 11.3 Å². The number of aliphatic hydroxyl groups is 1. The van der Waals surface area contributed by atoms with Gasteiger partial charge in [0.25, 0.3) is 5.91 Å². The fourth-order valence-corrected chi connectivity index (χ4v) is 2.12. The average Bonchev–Trinajstić information content (AvgIpc) is 3.08. The average molecular weight is 365 g/mol. The summed E-state index contributed by atoms with van der Waals surface area (Å²) in [7, 11) is 0. The number of carbonyl (C=O) groups excluding carboxylic acids is 3. The van der Waals surface area contributed by atoms with Crippen LogP contribution in [0.5, 0.6) is 0 Å². The fourth-order valence-electron chi connectivity index (χ4n) is 2.00. The Balaban J connectivity index is 1.92. The zero-order chi connectivity index (χ0) is 18.4. The van der Waals surface area contributed by atoms with Crippen LogP contribution in [0, 0.1) is 0 Å².